The van der Waals surface area contributed by atoms with Gasteiger partial charge in [-0.15, -0.1) is 0 Å². The van der Waals surface area contributed by atoms with Gasteiger partial charge in [0.15, 0.2) is 5.83 Å². The zero-order valence-electron chi connectivity index (χ0n) is 17.1. The third-order valence-corrected chi connectivity index (χ3v) is 6.31. The summed E-state index contributed by atoms with van der Waals surface area (Å²) in [7, 11) is 0. The first-order chi connectivity index (χ1) is 14.6. The number of halogens is 1. The average Bonchev–Trinajstić information content (AvgIpc) is 2.80. The Morgan fingerprint density at radius 2 is 1.67 bits per heavy atom. The van der Waals surface area contributed by atoms with Gasteiger partial charge in [-0.1, -0.05) is 24.3 Å². The molecule has 30 heavy (non-hydrogen) atoms. The van der Waals surface area contributed by atoms with Crippen LogP contribution in [0, 0.1) is 34.5 Å². The second kappa shape index (κ2) is 10.7. The molecule has 0 aromatic heterocycles. The Kier molecular flexibility index (Phi) is 7.80. The van der Waals surface area contributed by atoms with Crippen LogP contribution in [0.25, 0.3) is 0 Å². The molecule has 0 radical (unpaired) electrons. The molecule has 0 N–H and O–H groups in total. The Bertz CT molecular complexity index is 860. The Morgan fingerprint density at radius 3 is 2.27 bits per heavy atom. The zero-order valence-corrected chi connectivity index (χ0v) is 17.1. The van der Waals surface area contributed by atoms with Gasteiger partial charge >= 0.3 is 5.97 Å². The molecular formula is C25H27FN2O2. The number of carbonyl (C=O) groups is 1. The monoisotopic (exact) mass is 406 g/mol. The molecule has 2 fully saturated rings. The van der Waals surface area contributed by atoms with Crippen molar-refractivity contribution in [3.8, 4) is 12.1 Å². The summed E-state index contributed by atoms with van der Waals surface area (Å²) in [6, 6.07) is 11.4. The van der Waals surface area contributed by atoms with Gasteiger partial charge in [0.2, 0.25) is 0 Å². The Hall–Kier alpha value is -2.92. The van der Waals surface area contributed by atoms with Crippen LogP contribution in [0.1, 0.15) is 68.4 Å². The fourth-order valence-corrected chi connectivity index (χ4v) is 4.49. The van der Waals surface area contributed by atoms with Gasteiger partial charge in [0, 0.05) is 0 Å². The normalized spacial score (nSPS) is 27.2. The maximum absolute atomic E-state index is 12.8. The van der Waals surface area contributed by atoms with Crippen molar-refractivity contribution in [2.45, 2.75) is 63.4 Å². The number of nitrogens with zero attached hydrogens (tertiary/aromatic N) is 2. The topological polar surface area (TPSA) is 73.9 Å². The van der Waals surface area contributed by atoms with Gasteiger partial charge in [0.1, 0.15) is 12.2 Å². The summed E-state index contributed by atoms with van der Waals surface area (Å²) in [5, 5.41) is 17.3. The van der Waals surface area contributed by atoms with Gasteiger partial charge in [-0.25, -0.2) is 0 Å². The van der Waals surface area contributed by atoms with E-state index in [1.54, 1.807) is 6.08 Å². The molecule has 0 aliphatic heterocycles. The lowest BCUT2D eigenvalue weighted by Crippen LogP contribution is -2.29. The smallest absolute Gasteiger partial charge is 0.309 e. The summed E-state index contributed by atoms with van der Waals surface area (Å²) in [5.41, 5.74) is 1.94. The van der Waals surface area contributed by atoms with Crippen molar-refractivity contribution in [2.24, 2.45) is 11.8 Å². The van der Waals surface area contributed by atoms with E-state index in [1.165, 1.54) is 17.7 Å². The van der Waals surface area contributed by atoms with E-state index in [9.17, 15) is 9.18 Å². The molecule has 4 nitrogen and oxygen atoms in total. The molecule has 0 spiro atoms. The third kappa shape index (κ3) is 6.04. The van der Waals surface area contributed by atoms with Crippen molar-refractivity contribution >= 4 is 5.97 Å². The van der Waals surface area contributed by atoms with Gasteiger partial charge in [0.25, 0.3) is 0 Å². The number of hydrogen-bond donors (Lipinski definition) is 0. The summed E-state index contributed by atoms with van der Waals surface area (Å²) in [5.74, 6) is -0.126. The maximum atomic E-state index is 12.8. The van der Waals surface area contributed by atoms with E-state index in [0.717, 1.165) is 51.4 Å². The summed E-state index contributed by atoms with van der Waals surface area (Å²) < 4.78 is 18.6. The molecule has 0 amide bonds. The number of esters is 1. The van der Waals surface area contributed by atoms with Crippen LogP contribution in [-0.4, -0.2) is 12.1 Å². The molecule has 0 unspecified atom stereocenters. The van der Waals surface area contributed by atoms with E-state index in [-0.39, 0.29) is 18.0 Å². The molecule has 2 saturated carbocycles. The molecule has 2 aliphatic rings. The van der Waals surface area contributed by atoms with Gasteiger partial charge in [-0.3, -0.25) is 4.79 Å². The fraction of sp³-hybridized carbons (Fsp3) is 0.480. The summed E-state index contributed by atoms with van der Waals surface area (Å²) in [4.78, 5) is 12.6. The molecule has 3 rings (SSSR count). The van der Waals surface area contributed by atoms with Crippen molar-refractivity contribution in [3.63, 3.8) is 0 Å². The van der Waals surface area contributed by atoms with Crippen molar-refractivity contribution in [1.82, 2.24) is 0 Å². The standard InChI is InChI=1S/C25H27FN2O2/c26-23(17-28)3-1-2-18-4-10-22(11-5-18)25(29)30-24-14-12-21(13-15-24)20-8-6-19(16-27)7-9-20/h1-3,6-9,18,21-22,24H,4-5,10-15H2. The lowest BCUT2D eigenvalue weighted by Gasteiger charge is -2.31. The van der Waals surface area contributed by atoms with E-state index >= 15 is 0 Å². The second-order valence-electron chi connectivity index (χ2n) is 8.27. The van der Waals surface area contributed by atoms with Crippen LogP contribution >= 0.6 is 0 Å². The quantitative estimate of drug-likeness (QED) is 0.348. The molecule has 0 heterocycles. The van der Waals surface area contributed by atoms with Crippen LogP contribution in [0.4, 0.5) is 4.39 Å². The van der Waals surface area contributed by atoms with Crippen LogP contribution in [0.2, 0.25) is 0 Å². The number of hydrogen-bond acceptors (Lipinski definition) is 4. The fourth-order valence-electron chi connectivity index (χ4n) is 4.49. The molecule has 0 saturated heterocycles. The Labute approximate surface area is 177 Å². The van der Waals surface area contributed by atoms with Crippen molar-refractivity contribution < 1.29 is 13.9 Å². The highest BCUT2D eigenvalue weighted by atomic mass is 19.1. The van der Waals surface area contributed by atoms with Crippen LogP contribution in [0.15, 0.2) is 48.3 Å². The van der Waals surface area contributed by atoms with E-state index in [4.69, 9.17) is 15.3 Å². The molecule has 156 valence electrons. The van der Waals surface area contributed by atoms with Crippen molar-refractivity contribution in [2.75, 3.05) is 0 Å². The van der Waals surface area contributed by atoms with Gasteiger partial charge in [-0.05, 0) is 87.0 Å². The molecule has 1 aromatic rings. The highest BCUT2D eigenvalue weighted by molar-refractivity contribution is 5.72. The van der Waals surface area contributed by atoms with Crippen LogP contribution < -0.4 is 0 Å². The van der Waals surface area contributed by atoms with Crippen LogP contribution in [-0.2, 0) is 9.53 Å². The first-order valence-corrected chi connectivity index (χ1v) is 10.7. The number of rotatable bonds is 5. The predicted molar refractivity (Wildman–Crippen MR) is 112 cm³/mol. The molecule has 0 atom stereocenters. The molecule has 5 heteroatoms. The Morgan fingerprint density at radius 1 is 1.00 bits per heavy atom. The zero-order chi connectivity index (χ0) is 21.3. The third-order valence-electron chi connectivity index (χ3n) is 6.31. The van der Waals surface area contributed by atoms with E-state index in [0.29, 0.717) is 17.4 Å². The number of carbonyl (C=O) groups excluding carboxylic acids is 1. The lowest BCUT2D eigenvalue weighted by atomic mass is 9.81. The van der Waals surface area contributed by atoms with Crippen molar-refractivity contribution in [3.05, 3.63) is 59.4 Å². The number of benzene rings is 1. The largest absolute Gasteiger partial charge is 0.462 e. The van der Waals surface area contributed by atoms with E-state index in [2.05, 4.69) is 6.07 Å². The summed E-state index contributed by atoms with van der Waals surface area (Å²) >= 11 is 0. The first-order valence-electron chi connectivity index (χ1n) is 10.7. The minimum absolute atomic E-state index is 0.00356. The highest BCUT2D eigenvalue weighted by Gasteiger charge is 2.30. The molecule has 2 aliphatic carbocycles. The van der Waals surface area contributed by atoms with Gasteiger partial charge < -0.3 is 4.74 Å². The molecule has 0 bridgehead atoms. The highest BCUT2D eigenvalue weighted by Crippen LogP contribution is 2.36. The van der Waals surface area contributed by atoms with Gasteiger partial charge in [-0.2, -0.15) is 14.9 Å². The minimum Gasteiger partial charge on any atom is -0.462 e. The van der Waals surface area contributed by atoms with Crippen LogP contribution in [0.5, 0.6) is 0 Å². The predicted octanol–water partition coefficient (Wildman–Crippen LogP) is 5.87. The van der Waals surface area contributed by atoms with E-state index in [1.807, 2.05) is 30.3 Å². The molecular weight excluding hydrogens is 379 g/mol. The van der Waals surface area contributed by atoms with Gasteiger partial charge in [0.05, 0.1) is 17.6 Å². The second-order valence-corrected chi connectivity index (χ2v) is 8.27. The molecule has 1 aromatic carbocycles. The lowest BCUT2D eigenvalue weighted by molar-refractivity contribution is -0.157. The van der Waals surface area contributed by atoms with Crippen molar-refractivity contribution in [1.29, 1.82) is 10.5 Å². The average molecular weight is 407 g/mol. The number of ether oxygens (including phenoxy) is 1. The maximum Gasteiger partial charge on any atom is 0.309 e. The Balaban J connectivity index is 1.40. The number of allylic oxidation sites excluding steroid dienone is 4. The van der Waals surface area contributed by atoms with E-state index < -0.39 is 5.83 Å². The number of nitriles is 2. The summed E-state index contributed by atoms with van der Waals surface area (Å²) in [6.45, 7) is 0. The SMILES string of the molecule is N#CC(F)=CC=CC1CCC(C(=O)OC2CCC(c3ccc(C#N)cc3)CC2)CC1. The van der Waals surface area contributed by atoms with Crippen LogP contribution in [0.3, 0.4) is 0 Å². The minimum atomic E-state index is -0.794. The first kappa shape index (κ1) is 21.8. The summed E-state index contributed by atoms with van der Waals surface area (Å²) in [6.07, 6.45) is 11.8.